The van der Waals surface area contributed by atoms with Crippen molar-refractivity contribution in [3.63, 3.8) is 0 Å². The van der Waals surface area contributed by atoms with Crippen molar-refractivity contribution in [2.75, 3.05) is 20.3 Å². The number of nitriles is 1. The van der Waals surface area contributed by atoms with E-state index in [-0.39, 0.29) is 11.1 Å². The molecule has 16 heavy (non-hydrogen) atoms. The Morgan fingerprint density at radius 2 is 2.19 bits per heavy atom. The molecule has 0 fully saturated rings. The standard InChI is InChI=1S/C11H11NO4/c1-15-2-3-16-10-5-8(7-12)4-9(6-10)11(13)14/h4-6H,2-3H2,1H3,(H,13,14). The third kappa shape index (κ3) is 3.26. The Kier molecular flexibility index (Phi) is 4.30. The number of ether oxygens (including phenoxy) is 2. The molecule has 1 aromatic rings. The molecule has 1 aromatic carbocycles. The van der Waals surface area contributed by atoms with E-state index in [1.54, 1.807) is 0 Å². The van der Waals surface area contributed by atoms with Gasteiger partial charge in [0.15, 0.2) is 0 Å². The summed E-state index contributed by atoms with van der Waals surface area (Å²) in [6.07, 6.45) is 0. The van der Waals surface area contributed by atoms with Gasteiger partial charge in [0.05, 0.1) is 23.8 Å². The molecule has 0 amide bonds. The maximum absolute atomic E-state index is 10.8. The van der Waals surface area contributed by atoms with E-state index in [4.69, 9.17) is 19.8 Å². The third-order valence-corrected chi connectivity index (χ3v) is 1.84. The number of hydrogen-bond acceptors (Lipinski definition) is 4. The first kappa shape index (κ1) is 12.0. The first-order chi connectivity index (χ1) is 7.67. The minimum atomic E-state index is -1.09. The van der Waals surface area contributed by atoms with Crippen LogP contribution in [0.5, 0.6) is 5.75 Å². The topological polar surface area (TPSA) is 79.5 Å². The van der Waals surface area contributed by atoms with Gasteiger partial charge in [-0.1, -0.05) is 0 Å². The van der Waals surface area contributed by atoms with Gasteiger partial charge in [-0.3, -0.25) is 0 Å². The first-order valence-corrected chi connectivity index (χ1v) is 4.57. The average molecular weight is 221 g/mol. The molecule has 0 unspecified atom stereocenters. The molecule has 1 rings (SSSR count). The molecule has 0 aliphatic heterocycles. The average Bonchev–Trinajstić information content (AvgIpc) is 2.29. The number of aromatic carboxylic acids is 1. The molecule has 0 heterocycles. The highest BCUT2D eigenvalue weighted by Crippen LogP contribution is 2.17. The Morgan fingerprint density at radius 1 is 1.44 bits per heavy atom. The lowest BCUT2D eigenvalue weighted by molar-refractivity contribution is 0.0696. The van der Waals surface area contributed by atoms with Crippen LogP contribution in [-0.4, -0.2) is 31.4 Å². The SMILES string of the molecule is COCCOc1cc(C#N)cc(C(=O)O)c1. The fraction of sp³-hybridized carbons (Fsp3) is 0.273. The first-order valence-electron chi connectivity index (χ1n) is 4.57. The highest BCUT2D eigenvalue weighted by molar-refractivity contribution is 5.88. The van der Waals surface area contributed by atoms with Crippen molar-refractivity contribution in [2.45, 2.75) is 0 Å². The molecule has 0 saturated carbocycles. The van der Waals surface area contributed by atoms with Gasteiger partial charge in [0, 0.05) is 7.11 Å². The molecular weight excluding hydrogens is 210 g/mol. The van der Waals surface area contributed by atoms with Crippen LogP contribution in [0.2, 0.25) is 0 Å². The zero-order valence-corrected chi connectivity index (χ0v) is 8.77. The maximum Gasteiger partial charge on any atom is 0.335 e. The molecule has 0 aliphatic carbocycles. The van der Waals surface area contributed by atoms with Gasteiger partial charge in [0.25, 0.3) is 0 Å². The van der Waals surface area contributed by atoms with Gasteiger partial charge in [-0.2, -0.15) is 5.26 Å². The maximum atomic E-state index is 10.8. The van der Waals surface area contributed by atoms with Crippen molar-refractivity contribution >= 4 is 5.97 Å². The van der Waals surface area contributed by atoms with Crippen LogP contribution in [0.1, 0.15) is 15.9 Å². The Bertz CT molecular complexity index is 422. The monoisotopic (exact) mass is 221 g/mol. The molecule has 0 bridgehead atoms. The number of carboxylic acids is 1. The predicted octanol–water partition coefficient (Wildman–Crippen LogP) is 1.28. The fourth-order valence-electron chi connectivity index (χ4n) is 1.11. The number of rotatable bonds is 5. The summed E-state index contributed by atoms with van der Waals surface area (Å²) >= 11 is 0. The van der Waals surface area contributed by atoms with E-state index in [0.717, 1.165) is 0 Å². The van der Waals surface area contributed by atoms with Crippen molar-refractivity contribution < 1.29 is 19.4 Å². The van der Waals surface area contributed by atoms with Crippen LogP contribution in [0.4, 0.5) is 0 Å². The second-order valence-electron chi connectivity index (χ2n) is 3.00. The second-order valence-corrected chi connectivity index (χ2v) is 3.00. The molecule has 5 heteroatoms. The van der Waals surface area contributed by atoms with Gasteiger partial charge < -0.3 is 14.6 Å². The molecule has 5 nitrogen and oxygen atoms in total. The number of methoxy groups -OCH3 is 1. The summed E-state index contributed by atoms with van der Waals surface area (Å²) in [5, 5.41) is 17.5. The van der Waals surface area contributed by atoms with Crippen molar-refractivity contribution in [1.82, 2.24) is 0 Å². The van der Waals surface area contributed by atoms with Gasteiger partial charge in [-0.25, -0.2) is 4.79 Å². The molecule has 84 valence electrons. The van der Waals surface area contributed by atoms with E-state index in [1.165, 1.54) is 25.3 Å². The molecule has 1 N–H and O–H groups in total. The number of nitrogens with zero attached hydrogens (tertiary/aromatic N) is 1. The zero-order chi connectivity index (χ0) is 12.0. The molecule has 0 saturated heterocycles. The van der Waals surface area contributed by atoms with E-state index in [9.17, 15) is 4.79 Å². The Labute approximate surface area is 92.8 Å². The number of carboxylic acid groups (broad SMARTS) is 1. The summed E-state index contributed by atoms with van der Waals surface area (Å²) in [7, 11) is 1.54. The fourth-order valence-corrected chi connectivity index (χ4v) is 1.11. The summed E-state index contributed by atoms with van der Waals surface area (Å²) in [4.78, 5) is 10.8. The summed E-state index contributed by atoms with van der Waals surface area (Å²) in [6.45, 7) is 0.712. The minimum Gasteiger partial charge on any atom is -0.491 e. The van der Waals surface area contributed by atoms with Gasteiger partial charge >= 0.3 is 5.97 Å². The molecular formula is C11H11NO4. The lowest BCUT2D eigenvalue weighted by Crippen LogP contribution is -2.05. The summed E-state index contributed by atoms with van der Waals surface area (Å²) in [5.74, 6) is -0.734. The van der Waals surface area contributed by atoms with Crippen LogP contribution in [0.25, 0.3) is 0 Å². The second kappa shape index (κ2) is 5.73. The van der Waals surface area contributed by atoms with Crippen LogP contribution in [0.15, 0.2) is 18.2 Å². The Morgan fingerprint density at radius 3 is 2.75 bits per heavy atom. The number of carbonyl (C=O) groups is 1. The van der Waals surface area contributed by atoms with Gasteiger partial charge in [0.1, 0.15) is 12.4 Å². The van der Waals surface area contributed by atoms with E-state index in [2.05, 4.69) is 0 Å². The Hall–Kier alpha value is -2.06. The molecule has 0 aromatic heterocycles. The minimum absolute atomic E-state index is 0.0338. The molecule has 0 radical (unpaired) electrons. The van der Waals surface area contributed by atoms with Crippen LogP contribution in [0, 0.1) is 11.3 Å². The number of benzene rings is 1. The normalized spacial score (nSPS) is 9.50. The zero-order valence-electron chi connectivity index (χ0n) is 8.77. The van der Waals surface area contributed by atoms with Crippen LogP contribution >= 0.6 is 0 Å². The summed E-state index contributed by atoms with van der Waals surface area (Å²) in [5.41, 5.74) is 0.291. The van der Waals surface area contributed by atoms with E-state index in [1.807, 2.05) is 6.07 Å². The lowest BCUT2D eigenvalue weighted by atomic mass is 10.1. The van der Waals surface area contributed by atoms with E-state index >= 15 is 0 Å². The highest BCUT2D eigenvalue weighted by Gasteiger charge is 2.07. The third-order valence-electron chi connectivity index (χ3n) is 1.84. The van der Waals surface area contributed by atoms with Gasteiger partial charge in [0.2, 0.25) is 0 Å². The van der Waals surface area contributed by atoms with Gasteiger partial charge in [-0.05, 0) is 18.2 Å². The molecule has 0 aliphatic rings. The Balaban J connectivity index is 2.88. The quantitative estimate of drug-likeness (QED) is 0.757. The van der Waals surface area contributed by atoms with Crippen molar-refractivity contribution in [3.8, 4) is 11.8 Å². The highest BCUT2D eigenvalue weighted by atomic mass is 16.5. The van der Waals surface area contributed by atoms with Crippen LogP contribution in [-0.2, 0) is 4.74 Å². The number of hydrogen-bond donors (Lipinski definition) is 1. The summed E-state index contributed by atoms with van der Waals surface area (Å²) in [6, 6.07) is 6.04. The van der Waals surface area contributed by atoms with Crippen molar-refractivity contribution in [2.24, 2.45) is 0 Å². The predicted molar refractivity (Wildman–Crippen MR) is 55.5 cm³/mol. The molecule has 0 atom stereocenters. The van der Waals surface area contributed by atoms with Gasteiger partial charge in [-0.15, -0.1) is 0 Å². The largest absolute Gasteiger partial charge is 0.491 e. The lowest BCUT2D eigenvalue weighted by Gasteiger charge is -2.06. The molecule has 0 spiro atoms. The van der Waals surface area contributed by atoms with Crippen LogP contribution in [0.3, 0.4) is 0 Å². The van der Waals surface area contributed by atoms with E-state index in [0.29, 0.717) is 19.0 Å². The van der Waals surface area contributed by atoms with Crippen molar-refractivity contribution in [3.05, 3.63) is 29.3 Å². The van der Waals surface area contributed by atoms with Crippen molar-refractivity contribution in [1.29, 1.82) is 5.26 Å². The summed E-state index contributed by atoms with van der Waals surface area (Å²) < 4.78 is 10.0. The van der Waals surface area contributed by atoms with Crippen LogP contribution < -0.4 is 4.74 Å². The van der Waals surface area contributed by atoms with E-state index < -0.39 is 5.97 Å². The smallest absolute Gasteiger partial charge is 0.335 e.